The Morgan fingerprint density at radius 2 is 1.73 bits per heavy atom. The normalized spacial score (nSPS) is 18.0. The number of aryl methyl sites for hydroxylation is 2. The van der Waals surface area contributed by atoms with Crippen molar-refractivity contribution in [3.05, 3.63) is 56.8 Å². The molecule has 160 valence electrons. The first-order valence-corrected chi connectivity index (χ1v) is 10.7. The van der Waals surface area contributed by atoms with Crippen LogP contribution in [-0.2, 0) is 18.4 Å². The number of amides is 1. The summed E-state index contributed by atoms with van der Waals surface area (Å²) in [7, 11) is 0. The molecule has 0 bridgehead atoms. The molecule has 1 fully saturated rings. The average Bonchev–Trinajstić information content (AvgIpc) is 3.17. The van der Waals surface area contributed by atoms with Gasteiger partial charge in [0.15, 0.2) is 5.69 Å². The molecule has 7 heteroatoms. The van der Waals surface area contributed by atoms with Crippen molar-refractivity contribution in [2.75, 3.05) is 19.7 Å². The maximum absolute atomic E-state index is 12.9. The highest BCUT2D eigenvalue weighted by Crippen LogP contribution is 2.44. The Kier molecular flexibility index (Phi) is 5.40. The molecule has 4 rings (SSSR count). The standard InChI is InChI=1S/C23H29N3O4/c1-15-11-16(2)13-17(12-15)23(5-3-4-6-23)14-18-24-21(29)20(28)19-22(30)25(9-10-27)7-8-26(18)19/h11-13,27-28H,3-10,14H2,1-2H3. The summed E-state index contributed by atoms with van der Waals surface area (Å²) in [5.41, 5.74) is 2.80. The van der Waals surface area contributed by atoms with E-state index in [4.69, 9.17) is 0 Å². The highest BCUT2D eigenvalue weighted by atomic mass is 16.3. The van der Waals surface area contributed by atoms with Gasteiger partial charge in [0, 0.05) is 31.5 Å². The van der Waals surface area contributed by atoms with E-state index in [1.807, 2.05) is 0 Å². The van der Waals surface area contributed by atoms with E-state index in [1.54, 1.807) is 4.57 Å². The highest BCUT2D eigenvalue weighted by Gasteiger charge is 2.39. The van der Waals surface area contributed by atoms with Crippen molar-refractivity contribution in [3.8, 4) is 5.75 Å². The summed E-state index contributed by atoms with van der Waals surface area (Å²) < 4.78 is 1.72. The first-order valence-electron chi connectivity index (χ1n) is 10.7. The number of rotatable bonds is 5. The topological polar surface area (TPSA) is 95.7 Å². The van der Waals surface area contributed by atoms with E-state index in [1.165, 1.54) is 21.6 Å². The van der Waals surface area contributed by atoms with Gasteiger partial charge in [-0.05, 0) is 32.3 Å². The van der Waals surface area contributed by atoms with Crippen molar-refractivity contribution in [2.24, 2.45) is 0 Å². The number of β-amino-alcohol motifs (C(OH)–C–C–N with tert-alkyl or cyclic N) is 1. The van der Waals surface area contributed by atoms with Gasteiger partial charge in [-0.3, -0.25) is 9.59 Å². The van der Waals surface area contributed by atoms with Crippen LogP contribution in [0.15, 0.2) is 23.0 Å². The van der Waals surface area contributed by atoms with Crippen LogP contribution in [0.5, 0.6) is 5.75 Å². The van der Waals surface area contributed by atoms with Crippen LogP contribution >= 0.6 is 0 Å². The monoisotopic (exact) mass is 411 g/mol. The molecule has 0 saturated heterocycles. The van der Waals surface area contributed by atoms with Gasteiger partial charge in [-0.1, -0.05) is 42.2 Å². The summed E-state index contributed by atoms with van der Waals surface area (Å²) >= 11 is 0. The molecule has 1 aliphatic carbocycles. The Morgan fingerprint density at radius 1 is 1.07 bits per heavy atom. The van der Waals surface area contributed by atoms with Crippen LogP contribution < -0.4 is 5.56 Å². The van der Waals surface area contributed by atoms with E-state index < -0.39 is 17.2 Å². The SMILES string of the molecule is Cc1cc(C)cc(C2(Cc3nc(=O)c(O)c4n3CCN(CCO)C4=O)CCCC2)c1. The van der Waals surface area contributed by atoms with Crippen molar-refractivity contribution < 1.29 is 15.0 Å². The number of hydrogen-bond donors (Lipinski definition) is 2. The molecule has 1 saturated carbocycles. The summed E-state index contributed by atoms with van der Waals surface area (Å²) in [5.74, 6) is -0.468. The molecule has 0 radical (unpaired) electrons. The highest BCUT2D eigenvalue weighted by molar-refractivity contribution is 5.95. The zero-order chi connectivity index (χ0) is 21.5. The van der Waals surface area contributed by atoms with Gasteiger partial charge >= 0.3 is 5.56 Å². The Labute approximate surface area is 176 Å². The van der Waals surface area contributed by atoms with Crippen molar-refractivity contribution >= 4 is 5.91 Å². The van der Waals surface area contributed by atoms with Crippen LogP contribution in [0.25, 0.3) is 0 Å². The Morgan fingerprint density at radius 3 is 2.37 bits per heavy atom. The van der Waals surface area contributed by atoms with Crippen LogP contribution in [-0.4, -0.2) is 50.3 Å². The van der Waals surface area contributed by atoms with Crippen molar-refractivity contribution in [1.29, 1.82) is 0 Å². The number of fused-ring (bicyclic) bond motifs is 1. The summed E-state index contributed by atoms with van der Waals surface area (Å²) in [5, 5.41) is 19.6. The van der Waals surface area contributed by atoms with Crippen molar-refractivity contribution in [3.63, 3.8) is 0 Å². The number of aliphatic hydroxyl groups excluding tert-OH is 1. The molecule has 30 heavy (non-hydrogen) atoms. The van der Waals surface area contributed by atoms with E-state index in [2.05, 4.69) is 37.0 Å². The summed E-state index contributed by atoms with van der Waals surface area (Å²) in [4.78, 5) is 31.0. The zero-order valence-electron chi connectivity index (χ0n) is 17.6. The fourth-order valence-corrected chi connectivity index (χ4v) is 5.19. The summed E-state index contributed by atoms with van der Waals surface area (Å²) in [6.07, 6.45) is 4.81. The van der Waals surface area contributed by atoms with Gasteiger partial charge < -0.3 is 19.7 Å². The number of benzene rings is 1. The second-order valence-electron chi connectivity index (χ2n) is 8.74. The fraction of sp³-hybridized carbons (Fsp3) is 0.522. The minimum Gasteiger partial charge on any atom is -0.501 e. The lowest BCUT2D eigenvalue weighted by molar-refractivity contribution is 0.0656. The predicted octanol–water partition coefficient (Wildman–Crippen LogP) is 2.07. The zero-order valence-corrected chi connectivity index (χ0v) is 17.6. The molecular weight excluding hydrogens is 382 g/mol. The third-order valence-corrected chi connectivity index (χ3v) is 6.58. The van der Waals surface area contributed by atoms with Gasteiger partial charge in [-0.15, -0.1) is 0 Å². The third-order valence-electron chi connectivity index (χ3n) is 6.58. The van der Waals surface area contributed by atoms with Crippen LogP contribution in [0.1, 0.15) is 58.7 Å². The summed E-state index contributed by atoms with van der Waals surface area (Å²) in [6.45, 7) is 5.07. The number of nitrogens with zero attached hydrogens (tertiary/aromatic N) is 3. The van der Waals surface area contributed by atoms with Crippen LogP contribution in [0.3, 0.4) is 0 Å². The van der Waals surface area contributed by atoms with E-state index in [0.29, 0.717) is 25.3 Å². The van der Waals surface area contributed by atoms with E-state index in [-0.39, 0.29) is 24.3 Å². The smallest absolute Gasteiger partial charge is 0.315 e. The molecular formula is C23H29N3O4. The second kappa shape index (κ2) is 7.87. The van der Waals surface area contributed by atoms with Gasteiger partial charge in [-0.2, -0.15) is 4.98 Å². The first-order chi connectivity index (χ1) is 14.3. The quantitative estimate of drug-likeness (QED) is 0.785. The van der Waals surface area contributed by atoms with Gasteiger partial charge in [0.05, 0.1) is 6.61 Å². The van der Waals surface area contributed by atoms with Gasteiger partial charge in [-0.25, -0.2) is 0 Å². The number of aromatic nitrogens is 2. The molecule has 1 aromatic heterocycles. The maximum atomic E-state index is 12.9. The van der Waals surface area contributed by atoms with Gasteiger partial charge in [0.1, 0.15) is 5.82 Å². The number of carbonyl (C=O) groups excluding carboxylic acids is 1. The predicted molar refractivity (Wildman–Crippen MR) is 113 cm³/mol. The lowest BCUT2D eigenvalue weighted by Crippen LogP contribution is -2.45. The average molecular weight is 412 g/mol. The van der Waals surface area contributed by atoms with E-state index >= 15 is 0 Å². The molecule has 2 N–H and O–H groups in total. The second-order valence-corrected chi connectivity index (χ2v) is 8.74. The number of aromatic hydroxyl groups is 1. The molecule has 0 atom stereocenters. The number of carbonyl (C=O) groups is 1. The minimum atomic E-state index is -0.760. The molecule has 1 aromatic carbocycles. The lowest BCUT2D eigenvalue weighted by Gasteiger charge is -2.34. The van der Waals surface area contributed by atoms with Crippen LogP contribution in [0.2, 0.25) is 0 Å². The molecule has 1 amide bonds. The molecule has 2 heterocycles. The molecule has 2 aromatic rings. The largest absolute Gasteiger partial charge is 0.501 e. The molecule has 0 spiro atoms. The Hall–Kier alpha value is -2.67. The van der Waals surface area contributed by atoms with Gasteiger partial charge in [0.2, 0.25) is 5.75 Å². The van der Waals surface area contributed by atoms with E-state index in [0.717, 1.165) is 25.7 Å². The van der Waals surface area contributed by atoms with Crippen molar-refractivity contribution in [1.82, 2.24) is 14.5 Å². The lowest BCUT2D eigenvalue weighted by atomic mass is 9.75. The Bertz CT molecular complexity index is 1020. The first kappa shape index (κ1) is 20.6. The third kappa shape index (κ3) is 3.51. The molecule has 2 aliphatic rings. The van der Waals surface area contributed by atoms with E-state index in [9.17, 15) is 19.8 Å². The maximum Gasteiger partial charge on any atom is 0.315 e. The van der Waals surface area contributed by atoms with Gasteiger partial charge in [0.25, 0.3) is 5.91 Å². The Balaban J connectivity index is 1.80. The minimum absolute atomic E-state index is 0.00160. The van der Waals surface area contributed by atoms with Crippen molar-refractivity contribution in [2.45, 2.75) is 57.9 Å². The fourth-order valence-electron chi connectivity index (χ4n) is 5.19. The summed E-state index contributed by atoms with van der Waals surface area (Å²) in [6, 6.07) is 6.61. The molecule has 0 unspecified atom stereocenters. The molecule has 1 aliphatic heterocycles. The number of aliphatic hydroxyl groups is 1. The molecule has 7 nitrogen and oxygen atoms in total. The number of hydrogen-bond acceptors (Lipinski definition) is 5. The van der Waals surface area contributed by atoms with Crippen LogP contribution in [0, 0.1) is 13.8 Å². The van der Waals surface area contributed by atoms with Crippen LogP contribution in [0.4, 0.5) is 0 Å².